The fraction of sp³-hybridized carbons (Fsp3) is 1.00. The van der Waals surface area contributed by atoms with E-state index in [0.717, 1.165) is 12.6 Å². The Hall–Kier alpha value is -0.160. The van der Waals surface area contributed by atoms with Gasteiger partial charge in [-0.3, -0.25) is 9.80 Å². The van der Waals surface area contributed by atoms with Gasteiger partial charge in [-0.2, -0.15) is 0 Å². The third kappa shape index (κ3) is 2.97. The molecule has 3 rings (SSSR count). The molecule has 19 heavy (non-hydrogen) atoms. The van der Waals surface area contributed by atoms with E-state index >= 15 is 0 Å². The average molecular weight is 267 g/mol. The maximum atomic E-state index is 6.05. The van der Waals surface area contributed by atoms with Gasteiger partial charge in [0.15, 0.2) is 0 Å². The van der Waals surface area contributed by atoms with E-state index in [4.69, 9.17) is 10.5 Å². The second kappa shape index (κ2) is 6.08. The van der Waals surface area contributed by atoms with Crippen molar-refractivity contribution in [3.8, 4) is 0 Å². The predicted molar refractivity (Wildman–Crippen MR) is 77.2 cm³/mol. The molecule has 4 nitrogen and oxygen atoms in total. The van der Waals surface area contributed by atoms with Gasteiger partial charge in [-0.05, 0) is 52.1 Å². The van der Waals surface area contributed by atoms with Crippen LogP contribution < -0.4 is 5.73 Å². The van der Waals surface area contributed by atoms with Crippen LogP contribution in [-0.4, -0.2) is 66.8 Å². The highest BCUT2D eigenvalue weighted by Crippen LogP contribution is 2.28. The fourth-order valence-electron chi connectivity index (χ4n) is 4.13. The van der Waals surface area contributed by atoms with E-state index in [0.29, 0.717) is 18.2 Å². The second-order valence-electron chi connectivity index (χ2n) is 6.55. The molecule has 3 saturated heterocycles. The van der Waals surface area contributed by atoms with Crippen molar-refractivity contribution in [3.05, 3.63) is 0 Å². The van der Waals surface area contributed by atoms with Crippen LogP contribution in [0.3, 0.4) is 0 Å². The summed E-state index contributed by atoms with van der Waals surface area (Å²) in [6.45, 7) is 7.95. The van der Waals surface area contributed by atoms with Crippen molar-refractivity contribution in [2.75, 3.05) is 32.7 Å². The van der Waals surface area contributed by atoms with Gasteiger partial charge in [0.2, 0.25) is 0 Å². The fourth-order valence-corrected chi connectivity index (χ4v) is 4.13. The van der Waals surface area contributed by atoms with Gasteiger partial charge in [-0.15, -0.1) is 0 Å². The number of ether oxygens (including phenoxy) is 1. The molecule has 0 bridgehead atoms. The van der Waals surface area contributed by atoms with Crippen LogP contribution in [0.4, 0.5) is 0 Å². The van der Waals surface area contributed by atoms with E-state index in [1.54, 1.807) is 0 Å². The zero-order chi connectivity index (χ0) is 13.2. The van der Waals surface area contributed by atoms with Crippen molar-refractivity contribution < 1.29 is 4.74 Å². The summed E-state index contributed by atoms with van der Waals surface area (Å²) in [4.78, 5) is 5.29. The summed E-state index contributed by atoms with van der Waals surface area (Å²) in [6, 6.07) is 1.22. The van der Waals surface area contributed by atoms with E-state index in [1.807, 2.05) is 0 Å². The lowest BCUT2D eigenvalue weighted by Crippen LogP contribution is -2.48. The Bertz CT molecular complexity index is 293. The normalized spacial score (nSPS) is 39.2. The van der Waals surface area contributed by atoms with Gasteiger partial charge in [0.1, 0.15) is 0 Å². The number of hydrogen-bond acceptors (Lipinski definition) is 4. The van der Waals surface area contributed by atoms with Crippen LogP contribution in [0.15, 0.2) is 0 Å². The SMILES string of the molecule is CC1CCC(C(CN)N2CCC(N3CCCC3)C2)O1. The Kier molecular flexibility index (Phi) is 4.42. The van der Waals surface area contributed by atoms with Crippen LogP contribution in [0.1, 0.15) is 39.0 Å². The summed E-state index contributed by atoms with van der Waals surface area (Å²) in [7, 11) is 0. The van der Waals surface area contributed by atoms with E-state index in [2.05, 4.69) is 16.7 Å². The van der Waals surface area contributed by atoms with E-state index < -0.39 is 0 Å². The first-order valence-corrected chi connectivity index (χ1v) is 8.11. The Labute approximate surface area is 117 Å². The van der Waals surface area contributed by atoms with Crippen LogP contribution in [0, 0.1) is 0 Å². The molecule has 0 radical (unpaired) electrons. The van der Waals surface area contributed by atoms with Crippen LogP contribution >= 0.6 is 0 Å². The molecule has 0 amide bonds. The summed E-state index contributed by atoms with van der Waals surface area (Å²) in [5.74, 6) is 0. The molecule has 0 spiro atoms. The minimum Gasteiger partial charge on any atom is -0.374 e. The maximum absolute atomic E-state index is 6.05. The number of hydrogen-bond donors (Lipinski definition) is 1. The van der Waals surface area contributed by atoms with Crippen molar-refractivity contribution in [1.29, 1.82) is 0 Å². The number of rotatable bonds is 4. The topological polar surface area (TPSA) is 41.7 Å². The third-order valence-corrected chi connectivity index (χ3v) is 5.26. The van der Waals surface area contributed by atoms with Crippen molar-refractivity contribution in [3.63, 3.8) is 0 Å². The van der Waals surface area contributed by atoms with Gasteiger partial charge >= 0.3 is 0 Å². The molecule has 0 aromatic carbocycles. The quantitative estimate of drug-likeness (QED) is 0.827. The molecule has 0 saturated carbocycles. The highest BCUT2D eigenvalue weighted by Gasteiger charge is 2.37. The first-order valence-electron chi connectivity index (χ1n) is 8.11. The maximum Gasteiger partial charge on any atom is 0.0747 e. The summed E-state index contributed by atoms with van der Waals surface area (Å²) in [5.41, 5.74) is 6.04. The smallest absolute Gasteiger partial charge is 0.0747 e. The van der Waals surface area contributed by atoms with Gasteiger partial charge in [-0.25, -0.2) is 0 Å². The standard InChI is InChI=1S/C15H29N3O/c1-12-4-5-15(19-12)14(10-16)18-9-6-13(11-18)17-7-2-3-8-17/h12-15H,2-11,16H2,1H3. The average Bonchev–Trinajstić information content (AvgIpc) is 3.10. The number of likely N-dealkylation sites (tertiary alicyclic amines) is 2. The molecular formula is C15H29N3O. The minimum absolute atomic E-state index is 0.373. The Morgan fingerprint density at radius 1 is 1.16 bits per heavy atom. The Morgan fingerprint density at radius 3 is 2.58 bits per heavy atom. The van der Waals surface area contributed by atoms with Crippen LogP contribution in [-0.2, 0) is 4.74 Å². The summed E-state index contributed by atoms with van der Waals surface area (Å²) >= 11 is 0. The predicted octanol–water partition coefficient (Wildman–Crippen LogP) is 1.05. The molecule has 3 aliphatic heterocycles. The Balaban J connectivity index is 1.56. The molecule has 4 unspecified atom stereocenters. The first-order chi connectivity index (χ1) is 9.28. The molecule has 4 atom stereocenters. The monoisotopic (exact) mass is 267 g/mol. The van der Waals surface area contributed by atoms with Crippen LogP contribution in [0.5, 0.6) is 0 Å². The molecule has 3 fully saturated rings. The van der Waals surface area contributed by atoms with E-state index in [9.17, 15) is 0 Å². The lowest BCUT2D eigenvalue weighted by atomic mass is 10.1. The molecule has 3 aliphatic rings. The molecule has 0 aromatic heterocycles. The Morgan fingerprint density at radius 2 is 1.95 bits per heavy atom. The molecular weight excluding hydrogens is 238 g/mol. The molecule has 4 heteroatoms. The summed E-state index contributed by atoms with van der Waals surface area (Å²) in [5, 5.41) is 0. The van der Waals surface area contributed by atoms with Crippen molar-refractivity contribution >= 4 is 0 Å². The number of nitrogens with two attached hydrogens (primary N) is 1. The van der Waals surface area contributed by atoms with Crippen molar-refractivity contribution in [2.45, 2.75) is 63.3 Å². The lowest BCUT2D eigenvalue weighted by molar-refractivity contribution is 0.000539. The number of nitrogens with zero attached hydrogens (tertiary/aromatic N) is 2. The van der Waals surface area contributed by atoms with Crippen molar-refractivity contribution in [1.82, 2.24) is 9.80 Å². The largest absolute Gasteiger partial charge is 0.374 e. The zero-order valence-corrected chi connectivity index (χ0v) is 12.3. The minimum atomic E-state index is 0.373. The zero-order valence-electron chi connectivity index (χ0n) is 12.3. The molecule has 0 aliphatic carbocycles. The summed E-state index contributed by atoms with van der Waals surface area (Å²) in [6.07, 6.45) is 7.28. The van der Waals surface area contributed by atoms with Crippen LogP contribution in [0.25, 0.3) is 0 Å². The van der Waals surface area contributed by atoms with E-state index in [-0.39, 0.29) is 0 Å². The highest BCUT2D eigenvalue weighted by atomic mass is 16.5. The first kappa shape index (κ1) is 13.8. The van der Waals surface area contributed by atoms with Crippen LogP contribution in [0.2, 0.25) is 0 Å². The van der Waals surface area contributed by atoms with Gasteiger partial charge in [-0.1, -0.05) is 0 Å². The molecule has 2 N–H and O–H groups in total. The molecule has 110 valence electrons. The van der Waals surface area contributed by atoms with Crippen molar-refractivity contribution in [2.24, 2.45) is 5.73 Å². The van der Waals surface area contributed by atoms with E-state index in [1.165, 1.54) is 58.3 Å². The van der Waals surface area contributed by atoms with Gasteiger partial charge < -0.3 is 10.5 Å². The molecule has 3 heterocycles. The third-order valence-electron chi connectivity index (χ3n) is 5.26. The highest BCUT2D eigenvalue weighted by molar-refractivity contribution is 4.93. The van der Waals surface area contributed by atoms with Gasteiger partial charge in [0.25, 0.3) is 0 Å². The molecule has 0 aromatic rings. The summed E-state index contributed by atoms with van der Waals surface area (Å²) < 4.78 is 6.05. The second-order valence-corrected chi connectivity index (χ2v) is 6.55. The van der Waals surface area contributed by atoms with Gasteiger partial charge in [0, 0.05) is 31.7 Å². The lowest BCUT2D eigenvalue weighted by Gasteiger charge is -2.32. The van der Waals surface area contributed by atoms with Gasteiger partial charge in [0.05, 0.1) is 12.2 Å².